The third-order valence-electron chi connectivity index (χ3n) is 7.38. The van der Waals surface area contributed by atoms with E-state index in [9.17, 15) is 14.5 Å². The number of carbonyl (C=O) groups excluding carboxylic acids is 2. The minimum atomic E-state index is -1.64. The number of carbonyl (C=O) groups is 2. The van der Waals surface area contributed by atoms with Gasteiger partial charge in [-0.2, -0.15) is 0 Å². The van der Waals surface area contributed by atoms with Crippen LogP contribution in [0.4, 0.5) is 0 Å². The van der Waals surface area contributed by atoms with E-state index in [1.807, 2.05) is 88.6 Å². The number of nitroso groups, excluding NO2 is 1. The molecule has 0 radical (unpaired) electrons. The number of amides is 2. The van der Waals surface area contributed by atoms with E-state index in [0.29, 0.717) is 30.0 Å². The van der Waals surface area contributed by atoms with Crippen LogP contribution in [0.15, 0.2) is 77.3 Å². The van der Waals surface area contributed by atoms with E-state index >= 15 is 0 Å². The second-order valence-corrected chi connectivity index (χ2v) is 12.0. The summed E-state index contributed by atoms with van der Waals surface area (Å²) in [5.41, 5.74) is 3.57. The summed E-state index contributed by atoms with van der Waals surface area (Å²) in [4.78, 5) is 39.1. The predicted octanol–water partition coefficient (Wildman–Crippen LogP) is 5.95. The third-order valence-corrected chi connectivity index (χ3v) is 7.38. The van der Waals surface area contributed by atoms with Crippen molar-refractivity contribution in [1.29, 1.82) is 0 Å². The first-order chi connectivity index (χ1) is 20.6. The predicted molar refractivity (Wildman–Crippen MR) is 176 cm³/mol. The van der Waals surface area contributed by atoms with Gasteiger partial charge < -0.3 is 20.9 Å². The number of hydrogen-bond donors (Lipinski definition) is 3. The number of piperidine rings is 1. The first-order valence-electron chi connectivity index (χ1n) is 15.3. The molecular weight excluding hydrogens is 538 g/mol. The molecule has 1 heterocycles. The molecule has 3 rings (SSSR count). The van der Waals surface area contributed by atoms with Crippen LogP contribution in [0.3, 0.4) is 0 Å². The largest absolute Gasteiger partial charge is 0.394 e. The van der Waals surface area contributed by atoms with Gasteiger partial charge in [-0.1, -0.05) is 80.4 Å². The minimum Gasteiger partial charge on any atom is -0.394 e. The first kappa shape index (κ1) is 35.4. The van der Waals surface area contributed by atoms with Gasteiger partial charge in [0.25, 0.3) is 5.91 Å². The van der Waals surface area contributed by atoms with Crippen molar-refractivity contribution in [3.63, 3.8) is 0 Å². The zero-order valence-electron chi connectivity index (χ0n) is 27.1. The van der Waals surface area contributed by atoms with Gasteiger partial charge in [-0.25, -0.2) is 0 Å². The number of aryl methyl sites for hydroxylation is 2. The summed E-state index contributed by atoms with van der Waals surface area (Å²) in [5.74, 6) is 0.844. The maximum atomic E-state index is 13.6. The van der Waals surface area contributed by atoms with Gasteiger partial charge in [0.15, 0.2) is 0 Å². The molecule has 234 valence electrons. The van der Waals surface area contributed by atoms with Crippen molar-refractivity contribution in [1.82, 2.24) is 20.9 Å². The molecule has 43 heavy (non-hydrogen) atoms. The molecule has 1 aliphatic heterocycles. The molecule has 0 saturated carbocycles. The van der Waals surface area contributed by atoms with E-state index in [4.69, 9.17) is 0 Å². The lowest BCUT2D eigenvalue weighted by molar-refractivity contribution is -0.125. The van der Waals surface area contributed by atoms with Crippen LogP contribution in [0.25, 0.3) is 0 Å². The Bertz CT molecular complexity index is 1160. The summed E-state index contributed by atoms with van der Waals surface area (Å²) in [6.07, 6.45) is 7.53. The fourth-order valence-electron chi connectivity index (χ4n) is 5.12. The zero-order valence-corrected chi connectivity index (χ0v) is 27.1. The van der Waals surface area contributed by atoms with E-state index in [2.05, 4.69) is 46.8 Å². The molecule has 8 heteroatoms. The van der Waals surface area contributed by atoms with Crippen LogP contribution in [0.1, 0.15) is 69.2 Å². The van der Waals surface area contributed by atoms with Gasteiger partial charge in [-0.05, 0) is 106 Å². The lowest BCUT2D eigenvalue weighted by Gasteiger charge is -2.33. The highest BCUT2D eigenvalue weighted by Gasteiger charge is 2.44. The van der Waals surface area contributed by atoms with Crippen LogP contribution < -0.4 is 16.0 Å². The van der Waals surface area contributed by atoms with Gasteiger partial charge >= 0.3 is 0 Å². The number of likely N-dealkylation sites (tertiary alicyclic amines) is 1. The molecule has 0 atom stereocenters. The average molecular weight is 590 g/mol. The standard InChI is InChI=1S/C31H41N5O3.C4H10/c1-23-6-10-28(11-7-23)31(35-39,29-12-8-24(2)9-13-29)30(38)33-16-5-17-36-18-14-26(15-19-36)27(21-32-4)20-25(3)34-22-37;1-4(2)3/h6-13,20-22,26,32H,5,14-19H2,1-4H3,(H,33,38)(H,34,37);4H,1-3H3/b25-20+,27-21+;. The Morgan fingerprint density at radius 1 is 1.00 bits per heavy atom. The molecule has 2 amide bonds. The van der Waals surface area contributed by atoms with Crippen molar-refractivity contribution < 1.29 is 9.59 Å². The highest BCUT2D eigenvalue weighted by atomic mass is 16.3. The van der Waals surface area contributed by atoms with Crippen LogP contribution >= 0.6 is 0 Å². The molecule has 1 fully saturated rings. The van der Waals surface area contributed by atoms with E-state index < -0.39 is 11.4 Å². The fraction of sp³-hybridized carbons (Fsp3) is 0.486. The summed E-state index contributed by atoms with van der Waals surface area (Å²) in [6.45, 7) is 15.5. The van der Waals surface area contributed by atoms with Gasteiger partial charge in [-0.3, -0.25) is 9.59 Å². The number of benzene rings is 2. The van der Waals surface area contributed by atoms with Crippen LogP contribution in [0.5, 0.6) is 0 Å². The molecular formula is C35H51N5O3. The Hall–Kier alpha value is -3.78. The van der Waals surface area contributed by atoms with Gasteiger partial charge in [0.05, 0.1) is 0 Å². The molecule has 8 nitrogen and oxygen atoms in total. The Morgan fingerprint density at radius 3 is 1.95 bits per heavy atom. The van der Waals surface area contributed by atoms with Gasteiger partial charge in [-0.15, -0.1) is 4.91 Å². The average Bonchev–Trinajstić information content (AvgIpc) is 2.97. The SMILES string of the molecule is CC(C)C.CN/C=C(\C=C(/C)NC=O)C1CCN(CCCNC(=O)C(N=O)(c2ccc(C)cc2)c2ccc(C)cc2)CC1. The molecule has 0 aromatic heterocycles. The van der Waals surface area contributed by atoms with Crippen LogP contribution in [0.2, 0.25) is 0 Å². The van der Waals surface area contributed by atoms with Crippen molar-refractivity contribution in [2.45, 2.75) is 66.3 Å². The smallest absolute Gasteiger partial charge is 0.260 e. The Balaban J connectivity index is 0.00000151. The normalized spacial score (nSPS) is 14.9. The van der Waals surface area contributed by atoms with Crippen molar-refractivity contribution >= 4 is 12.3 Å². The molecule has 1 saturated heterocycles. The Labute approximate surface area is 258 Å². The topological polar surface area (TPSA) is 103 Å². The van der Waals surface area contributed by atoms with Gasteiger partial charge in [0.1, 0.15) is 0 Å². The molecule has 2 aromatic rings. The maximum Gasteiger partial charge on any atom is 0.260 e. The molecule has 0 spiro atoms. The van der Waals surface area contributed by atoms with E-state index in [1.165, 1.54) is 5.57 Å². The Morgan fingerprint density at radius 2 is 1.51 bits per heavy atom. The second-order valence-electron chi connectivity index (χ2n) is 12.0. The lowest BCUT2D eigenvalue weighted by atomic mass is 9.82. The molecule has 0 bridgehead atoms. The van der Waals surface area contributed by atoms with Crippen molar-refractivity contribution in [2.75, 3.05) is 33.2 Å². The van der Waals surface area contributed by atoms with E-state index in [1.54, 1.807) is 0 Å². The van der Waals surface area contributed by atoms with E-state index in [0.717, 1.165) is 61.6 Å². The number of nitrogens with zero attached hydrogens (tertiary/aromatic N) is 2. The van der Waals surface area contributed by atoms with E-state index in [-0.39, 0.29) is 0 Å². The molecule has 2 aromatic carbocycles. The third kappa shape index (κ3) is 10.8. The van der Waals surface area contributed by atoms with Crippen LogP contribution in [-0.2, 0) is 15.1 Å². The number of allylic oxidation sites excluding steroid dienone is 3. The van der Waals surface area contributed by atoms with Gasteiger partial charge in [0.2, 0.25) is 11.9 Å². The Kier molecular flexibility index (Phi) is 14.8. The van der Waals surface area contributed by atoms with Crippen LogP contribution in [-0.4, -0.2) is 50.4 Å². The van der Waals surface area contributed by atoms with Crippen molar-refractivity contribution in [2.24, 2.45) is 17.0 Å². The number of hydrogen-bond acceptors (Lipinski definition) is 6. The van der Waals surface area contributed by atoms with Crippen molar-refractivity contribution in [3.05, 3.63) is 99.2 Å². The summed E-state index contributed by atoms with van der Waals surface area (Å²) >= 11 is 0. The second kappa shape index (κ2) is 18.0. The summed E-state index contributed by atoms with van der Waals surface area (Å²) in [5, 5.41) is 12.3. The zero-order chi connectivity index (χ0) is 31.8. The maximum absolute atomic E-state index is 13.6. The quantitative estimate of drug-likeness (QED) is 0.116. The lowest BCUT2D eigenvalue weighted by Crippen LogP contribution is -2.45. The molecule has 0 aliphatic carbocycles. The number of nitrogens with one attached hydrogen (secondary N) is 3. The summed E-state index contributed by atoms with van der Waals surface area (Å²) in [7, 11) is 1.88. The molecule has 1 aliphatic rings. The first-order valence-corrected chi connectivity index (χ1v) is 15.3. The molecule has 0 unspecified atom stereocenters. The highest BCUT2D eigenvalue weighted by Crippen LogP contribution is 2.35. The van der Waals surface area contributed by atoms with Crippen molar-refractivity contribution in [3.8, 4) is 0 Å². The van der Waals surface area contributed by atoms with Gasteiger partial charge in [0, 0.05) is 19.3 Å². The highest BCUT2D eigenvalue weighted by molar-refractivity contribution is 5.91. The summed E-state index contributed by atoms with van der Waals surface area (Å²) in [6, 6.07) is 14.8. The van der Waals surface area contributed by atoms with Crippen LogP contribution in [0, 0.1) is 30.6 Å². The fourth-order valence-corrected chi connectivity index (χ4v) is 5.12. The summed E-state index contributed by atoms with van der Waals surface area (Å²) < 4.78 is 0. The minimum absolute atomic E-state index is 0.406. The monoisotopic (exact) mass is 589 g/mol. The number of rotatable bonds is 13. The molecule has 3 N–H and O–H groups in total.